The summed E-state index contributed by atoms with van der Waals surface area (Å²) in [7, 11) is 0. The van der Waals surface area contributed by atoms with Gasteiger partial charge in [-0.3, -0.25) is 9.59 Å². The number of nitrogens with two attached hydrogens (primary N) is 1. The van der Waals surface area contributed by atoms with Crippen LogP contribution < -0.4 is 11.1 Å². The summed E-state index contributed by atoms with van der Waals surface area (Å²) in [6, 6.07) is 32.9. The maximum atomic E-state index is 13.4. The Labute approximate surface area is 275 Å². The summed E-state index contributed by atoms with van der Waals surface area (Å²) in [4.78, 5) is 49.6. The van der Waals surface area contributed by atoms with Crippen molar-refractivity contribution in [1.29, 1.82) is 0 Å². The Hall–Kier alpha value is -6.12. The molecule has 0 atom stereocenters. The zero-order valence-electron chi connectivity index (χ0n) is 25.9. The van der Waals surface area contributed by atoms with Gasteiger partial charge in [0.15, 0.2) is 6.29 Å². The second kappa shape index (κ2) is 13.7. The van der Waals surface area contributed by atoms with Crippen LogP contribution in [-0.2, 0) is 12.8 Å². The number of carboxylic acid groups (broad SMARTS) is 2. The van der Waals surface area contributed by atoms with Crippen LogP contribution in [0.1, 0.15) is 52.6 Å². The zero-order chi connectivity index (χ0) is 33.8. The number of nitrogens with one attached hydrogen (secondary N) is 1. The highest BCUT2D eigenvalue weighted by Gasteiger charge is 2.24. The number of carbonyl (C=O) groups excluding carboxylic acids is 2. The molecule has 7 rings (SSSR count). The third-order valence-corrected chi connectivity index (χ3v) is 8.58. The minimum Gasteiger partial charge on any atom is -0.478 e. The number of hydrogen-bond donors (Lipinski definition) is 4. The summed E-state index contributed by atoms with van der Waals surface area (Å²) >= 11 is 0. The molecule has 0 heterocycles. The largest absolute Gasteiger partial charge is 0.478 e. The lowest BCUT2D eigenvalue weighted by Crippen LogP contribution is -2.26. The first-order valence-electron chi connectivity index (χ1n) is 15.5. The summed E-state index contributed by atoms with van der Waals surface area (Å²) in [5, 5.41) is 27.3. The Morgan fingerprint density at radius 3 is 1.52 bits per heavy atom. The minimum atomic E-state index is -1.16. The van der Waals surface area contributed by atoms with E-state index in [1.165, 1.54) is 17.7 Å². The van der Waals surface area contributed by atoms with Crippen LogP contribution in [-0.4, -0.2) is 47.4 Å². The SMILES string of the molecule is NCCc1ccccc1.O=Cc1ccc2c3ccc(C(=O)O)c4c(C(=O)NCCc5ccccc5)ccc(c5ccc(C(=O)O)c1c25)c43. The van der Waals surface area contributed by atoms with E-state index in [1.54, 1.807) is 36.4 Å². The van der Waals surface area contributed by atoms with Crippen molar-refractivity contribution in [3.63, 3.8) is 0 Å². The van der Waals surface area contributed by atoms with Gasteiger partial charge in [-0.2, -0.15) is 0 Å². The fourth-order valence-corrected chi connectivity index (χ4v) is 6.43. The van der Waals surface area contributed by atoms with Crippen LogP contribution in [0.25, 0.3) is 43.1 Å². The van der Waals surface area contributed by atoms with E-state index in [9.17, 15) is 29.4 Å². The third-order valence-electron chi connectivity index (χ3n) is 8.58. The molecular weight excluding hydrogens is 604 g/mol. The second-order valence-electron chi connectivity index (χ2n) is 11.4. The van der Waals surface area contributed by atoms with Crippen LogP contribution in [0.2, 0.25) is 0 Å². The fraction of sp³-hybridized carbons (Fsp3) is 0.100. The molecule has 5 N–H and O–H groups in total. The molecule has 7 aromatic rings. The molecule has 0 aliphatic heterocycles. The molecule has 8 nitrogen and oxygen atoms in total. The van der Waals surface area contributed by atoms with E-state index in [0.717, 1.165) is 18.5 Å². The van der Waals surface area contributed by atoms with E-state index < -0.39 is 11.9 Å². The van der Waals surface area contributed by atoms with Gasteiger partial charge in [0.1, 0.15) is 0 Å². The Kier molecular flexibility index (Phi) is 9.09. The van der Waals surface area contributed by atoms with Gasteiger partial charge in [0.25, 0.3) is 5.91 Å². The molecule has 48 heavy (non-hydrogen) atoms. The topological polar surface area (TPSA) is 147 Å². The average molecular weight is 637 g/mol. The third kappa shape index (κ3) is 5.92. The van der Waals surface area contributed by atoms with E-state index >= 15 is 0 Å². The lowest BCUT2D eigenvalue weighted by Gasteiger charge is -2.19. The number of amides is 1. The molecule has 0 saturated carbocycles. The fourth-order valence-electron chi connectivity index (χ4n) is 6.43. The highest BCUT2D eigenvalue weighted by atomic mass is 16.4. The van der Waals surface area contributed by atoms with Crippen molar-refractivity contribution < 1.29 is 29.4 Å². The Morgan fingerprint density at radius 1 is 0.562 bits per heavy atom. The molecule has 0 aliphatic carbocycles. The van der Waals surface area contributed by atoms with Gasteiger partial charge >= 0.3 is 11.9 Å². The Bertz CT molecular complexity index is 2300. The minimum absolute atomic E-state index is 0.00447. The van der Waals surface area contributed by atoms with Crippen molar-refractivity contribution in [3.8, 4) is 0 Å². The molecule has 0 radical (unpaired) electrons. The first-order chi connectivity index (χ1) is 23.3. The number of carboxylic acids is 2. The summed E-state index contributed by atoms with van der Waals surface area (Å²) in [6.45, 7) is 1.12. The van der Waals surface area contributed by atoms with Gasteiger partial charge < -0.3 is 21.3 Å². The van der Waals surface area contributed by atoms with Crippen LogP contribution >= 0.6 is 0 Å². The zero-order valence-corrected chi connectivity index (χ0v) is 25.9. The van der Waals surface area contributed by atoms with Crippen molar-refractivity contribution in [2.24, 2.45) is 5.73 Å². The molecule has 0 unspecified atom stereocenters. The van der Waals surface area contributed by atoms with Crippen molar-refractivity contribution in [3.05, 3.63) is 143 Å². The monoisotopic (exact) mass is 636 g/mol. The second-order valence-corrected chi connectivity index (χ2v) is 11.4. The highest BCUT2D eigenvalue weighted by Crippen LogP contribution is 2.43. The van der Waals surface area contributed by atoms with Gasteiger partial charge in [-0.15, -0.1) is 0 Å². The van der Waals surface area contributed by atoms with Crippen molar-refractivity contribution in [2.75, 3.05) is 13.1 Å². The molecule has 0 spiro atoms. The molecule has 7 aromatic carbocycles. The first kappa shape index (κ1) is 31.8. The number of hydrogen-bond acceptors (Lipinski definition) is 5. The van der Waals surface area contributed by atoms with Crippen LogP contribution in [0.3, 0.4) is 0 Å². The Morgan fingerprint density at radius 2 is 1.02 bits per heavy atom. The number of aromatic carboxylic acids is 2. The van der Waals surface area contributed by atoms with Gasteiger partial charge in [-0.25, -0.2) is 9.59 Å². The summed E-state index contributed by atoms with van der Waals surface area (Å²) in [5.41, 5.74) is 8.25. The molecule has 0 bridgehead atoms. The van der Waals surface area contributed by atoms with Gasteiger partial charge in [0.05, 0.1) is 11.1 Å². The molecule has 0 saturated heterocycles. The molecule has 8 heteroatoms. The maximum absolute atomic E-state index is 13.4. The van der Waals surface area contributed by atoms with Crippen LogP contribution in [0, 0.1) is 0 Å². The van der Waals surface area contributed by atoms with E-state index in [4.69, 9.17) is 5.73 Å². The molecule has 0 aliphatic rings. The van der Waals surface area contributed by atoms with Crippen LogP contribution in [0.5, 0.6) is 0 Å². The smallest absolute Gasteiger partial charge is 0.336 e. The highest BCUT2D eigenvalue weighted by molar-refractivity contribution is 6.37. The number of aldehydes is 1. The lowest BCUT2D eigenvalue weighted by molar-refractivity contribution is 0.0688. The quantitative estimate of drug-likeness (QED) is 0.0750. The lowest BCUT2D eigenvalue weighted by atomic mass is 9.84. The van der Waals surface area contributed by atoms with Crippen molar-refractivity contribution in [1.82, 2.24) is 5.32 Å². The summed E-state index contributed by atoms with van der Waals surface area (Å²) < 4.78 is 0. The molecule has 0 fully saturated rings. The first-order valence-corrected chi connectivity index (χ1v) is 15.5. The van der Waals surface area contributed by atoms with Crippen LogP contribution in [0.15, 0.2) is 109 Å². The normalized spacial score (nSPS) is 11.0. The predicted molar refractivity (Wildman–Crippen MR) is 189 cm³/mol. The number of benzene rings is 7. The molecular formula is C40H32N2O6. The Balaban J connectivity index is 0.000000388. The van der Waals surface area contributed by atoms with E-state index in [2.05, 4.69) is 17.4 Å². The molecule has 238 valence electrons. The number of carbonyl (C=O) groups is 4. The molecule has 1 amide bonds. The van der Waals surface area contributed by atoms with Crippen molar-refractivity contribution >= 4 is 67.2 Å². The average Bonchev–Trinajstić information content (AvgIpc) is 3.11. The number of rotatable bonds is 9. The standard InChI is InChI=1S/C32H21NO6.C8H11N/c34-16-18-6-7-19-22-10-13-25(32(38)39)29-23(30(35)33-15-14-17-4-2-1-3-5-17)11-8-21(28(22)29)20-9-12-24(31(36)37)26(18)27(19)20;9-7-6-8-4-2-1-3-5-8/h1-13,16H,14-15H2,(H,33,35)(H,36,37)(H,38,39);1-5H,6-7,9H2. The van der Waals surface area contributed by atoms with Crippen LogP contribution in [0.4, 0.5) is 0 Å². The van der Waals surface area contributed by atoms with E-state index in [1.807, 2.05) is 48.5 Å². The van der Waals surface area contributed by atoms with E-state index in [-0.39, 0.29) is 28.2 Å². The van der Waals surface area contributed by atoms with Gasteiger partial charge in [0.2, 0.25) is 0 Å². The van der Waals surface area contributed by atoms with Crippen molar-refractivity contribution in [2.45, 2.75) is 12.8 Å². The molecule has 0 aromatic heterocycles. The van der Waals surface area contributed by atoms with E-state index in [0.29, 0.717) is 62.3 Å². The predicted octanol–water partition coefficient (Wildman–Crippen LogP) is 7.11. The van der Waals surface area contributed by atoms with Gasteiger partial charge in [-0.1, -0.05) is 91.0 Å². The maximum Gasteiger partial charge on any atom is 0.336 e. The van der Waals surface area contributed by atoms with Gasteiger partial charge in [0, 0.05) is 28.4 Å². The van der Waals surface area contributed by atoms with Gasteiger partial charge in [-0.05, 0) is 81.0 Å². The number of fused-ring (bicyclic) bond motifs is 2. The summed E-state index contributed by atoms with van der Waals surface area (Å²) in [6.07, 6.45) is 2.25. The summed E-state index contributed by atoms with van der Waals surface area (Å²) in [5.74, 6) is -2.70.